The fourth-order valence-corrected chi connectivity index (χ4v) is 2.98. The number of aryl methyl sites for hydroxylation is 1. The molecular formula is C22H28O3. The van der Waals surface area contributed by atoms with Crippen LogP contribution < -0.4 is 4.74 Å². The van der Waals surface area contributed by atoms with Crippen LogP contribution in [0.2, 0.25) is 0 Å². The van der Waals surface area contributed by atoms with E-state index in [9.17, 15) is 9.90 Å². The zero-order chi connectivity index (χ0) is 17.9. The van der Waals surface area contributed by atoms with Gasteiger partial charge in [0.15, 0.2) is 5.78 Å². The molecular weight excluding hydrogens is 312 g/mol. The molecule has 2 rings (SSSR count). The summed E-state index contributed by atoms with van der Waals surface area (Å²) in [5, 5.41) is 9.89. The molecule has 2 aromatic carbocycles. The summed E-state index contributed by atoms with van der Waals surface area (Å²) in [6, 6.07) is 15.4. The molecule has 0 fully saturated rings. The van der Waals surface area contributed by atoms with Crippen molar-refractivity contribution in [2.24, 2.45) is 0 Å². The SMILES string of the molecule is COc1ccc(C(=O)CCCCCCCCc2ccccc2)c(O)c1. The standard InChI is InChI=1S/C22H28O3/c1-25-19-15-16-20(22(24)17-19)21(23)14-10-5-3-2-4-7-11-18-12-8-6-9-13-18/h6,8-9,12-13,15-17,24H,2-5,7,10-11,14H2,1H3. The van der Waals surface area contributed by atoms with Crippen LogP contribution in [-0.4, -0.2) is 18.0 Å². The largest absolute Gasteiger partial charge is 0.507 e. The van der Waals surface area contributed by atoms with Gasteiger partial charge in [-0.1, -0.05) is 56.0 Å². The van der Waals surface area contributed by atoms with Crippen molar-refractivity contribution >= 4 is 5.78 Å². The zero-order valence-corrected chi connectivity index (χ0v) is 15.0. The summed E-state index contributed by atoms with van der Waals surface area (Å²) in [7, 11) is 1.54. The lowest BCUT2D eigenvalue weighted by Gasteiger charge is -2.06. The first kappa shape index (κ1) is 19.0. The molecule has 0 saturated heterocycles. The van der Waals surface area contributed by atoms with E-state index in [1.54, 1.807) is 12.1 Å². The Bertz CT molecular complexity index is 650. The third-order valence-corrected chi connectivity index (χ3v) is 4.47. The average molecular weight is 340 g/mol. The average Bonchev–Trinajstić information content (AvgIpc) is 2.64. The van der Waals surface area contributed by atoms with Crippen LogP contribution >= 0.6 is 0 Å². The Morgan fingerprint density at radius 3 is 2.28 bits per heavy atom. The first-order valence-electron chi connectivity index (χ1n) is 9.15. The maximum Gasteiger partial charge on any atom is 0.166 e. The van der Waals surface area contributed by atoms with Crippen LogP contribution in [0.5, 0.6) is 11.5 Å². The zero-order valence-electron chi connectivity index (χ0n) is 15.0. The van der Waals surface area contributed by atoms with E-state index in [1.165, 1.54) is 38.0 Å². The molecule has 0 aliphatic carbocycles. The van der Waals surface area contributed by atoms with Crippen molar-refractivity contribution in [1.29, 1.82) is 0 Å². The normalized spacial score (nSPS) is 10.6. The lowest BCUT2D eigenvalue weighted by molar-refractivity contribution is 0.0976. The van der Waals surface area contributed by atoms with Gasteiger partial charge in [-0.25, -0.2) is 0 Å². The molecule has 0 aromatic heterocycles. The van der Waals surface area contributed by atoms with E-state index in [2.05, 4.69) is 30.3 Å². The molecule has 0 amide bonds. The Balaban J connectivity index is 1.56. The third kappa shape index (κ3) is 6.61. The maximum atomic E-state index is 12.2. The summed E-state index contributed by atoms with van der Waals surface area (Å²) < 4.78 is 5.03. The highest BCUT2D eigenvalue weighted by atomic mass is 16.5. The molecule has 0 radical (unpaired) electrons. The van der Waals surface area contributed by atoms with Crippen molar-refractivity contribution in [3.8, 4) is 11.5 Å². The molecule has 3 nitrogen and oxygen atoms in total. The molecule has 0 aliphatic rings. The summed E-state index contributed by atoms with van der Waals surface area (Å²) in [5.74, 6) is 0.569. The number of unbranched alkanes of at least 4 members (excludes halogenated alkanes) is 5. The minimum absolute atomic E-state index is 0.00392. The van der Waals surface area contributed by atoms with Crippen molar-refractivity contribution in [1.82, 2.24) is 0 Å². The lowest BCUT2D eigenvalue weighted by Crippen LogP contribution is -2.00. The fraction of sp³-hybridized carbons (Fsp3) is 0.409. The second-order valence-corrected chi connectivity index (χ2v) is 6.41. The molecule has 0 bridgehead atoms. The fourth-order valence-electron chi connectivity index (χ4n) is 2.98. The summed E-state index contributed by atoms with van der Waals surface area (Å²) in [6.07, 6.45) is 8.42. The minimum atomic E-state index is 0.00392. The summed E-state index contributed by atoms with van der Waals surface area (Å²) in [5.41, 5.74) is 1.80. The molecule has 0 spiro atoms. The van der Waals surface area contributed by atoms with Crippen LogP contribution in [0.25, 0.3) is 0 Å². The number of carbonyl (C=O) groups excluding carboxylic acids is 1. The van der Waals surface area contributed by atoms with Gasteiger partial charge in [-0.3, -0.25) is 4.79 Å². The predicted molar refractivity (Wildman–Crippen MR) is 101 cm³/mol. The number of hydrogen-bond donors (Lipinski definition) is 1. The van der Waals surface area contributed by atoms with Crippen molar-refractivity contribution in [3.05, 3.63) is 59.7 Å². The summed E-state index contributed by atoms with van der Waals surface area (Å²) >= 11 is 0. The lowest BCUT2D eigenvalue weighted by atomic mass is 10.0. The Labute approximate surface area is 150 Å². The van der Waals surface area contributed by atoms with Crippen LogP contribution in [-0.2, 0) is 6.42 Å². The first-order chi connectivity index (χ1) is 12.2. The molecule has 0 atom stereocenters. The van der Waals surface area contributed by atoms with Crippen LogP contribution in [0.3, 0.4) is 0 Å². The number of carbonyl (C=O) groups is 1. The number of phenolic OH excluding ortho intramolecular Hbond substituents is 1. The Morgan fingerprint density at radius 2 is 1.60 bits per heavy atom. The van der Waals surface area contributed by atoms with Crippen molar-refractivity contribution in [2.45, 2.75) is 51.4 Å². The number of benzene rings is 2. The third-order valence-electron chi connectivity index (χ3n) is 4.47. The van der Waals surface area contributed by atoms with Crippen molar-refractivity contribution < 1.29 is 14.6 Å². The highest BCUT2D eigenvalue weighted by Gasteiger charge is 2.11. The van der Waals surface area contributed by atoms with E-state index in [0.717, 1.165) is 25.7 Å². The molecule has 2 aromatic rings. The van der Waals surface area contributed by atoms with Gasteiger partial charge in [0.2, 0.25) is 0 Å². The number of aromatic hydroxyl groups is 1. The molecule has 0 aliphatic heterocycles. The topological polar surface area (TPSA) is 46.5 Å². The second kappa shape index (κ2) is 10.5. The minimum Gasteiger partial charge on any atom is -0.507 e. The molecule has 134 valence electrons. The number of phenols is 1. The quantitative estimate of drug-likeness (QED) is 0.430. The van der Waals surface area contributed by atoms with E-state index in [4.69, 9.17) is 4.74 Å². The van der Waals surface area contributed by atoms with Gasteiger partial charge >= 0.3 is 0 Å². The number of ether oxygens (including phenoxy) is 1. The van der Waals surface area contributed by atoms with E-state index in [-0.39, 0.29) is 11.5 Å². The van der Waals surface area contributed by atoms with Crippen molar-refractivity contribution in [2.75, 3.05) is 7.11 Å². The van der Waals surface area contributed by atoms with Crippen LogP contribution in [0.1, 0.15) is 60.9 Å². The Hall–Kier alpha value is -2.29. The van der Waals surface area contributed by atoms with E-state index in [1.807, 2.05) is 0 Å². The van der Waals surface area contributed by atoms with Gasteiger partial charge in [0, 0.05) is 12.5 Å². The van der Waals surface area contributed by atoms with Gasteiger partial charge in [-0.15, -0.1) is 0 Å². The van der Waals surface area contributed by atoms with Gasteiger partial charge in [0.05, 0.1) is 12.7 Å². The predicted octanol–water partition coefficient (Wildman–Crippen LogP) is 5.56. The monoisotopic (exact) mass is 340 g/mol. The Kier molecular flexibility index (Phi) is 8.03. The molecule has 0 saturated carbocycles. The maximum absolute atomic E-state index is 12.2. The molecule has 1 N–H and O–H groups in total. The molecule has 3 heteroatoms. The second-order valence-electron chi connectivity index (χ2n) is 6.41. The van der Waals surface area contributed by atoms with E-state index in [0.29, 0.717) is 17.7 Å². The number of Topliss-reactive ketones (excluding diaryl/α,β-unsaturated/α-hetero) is 1. The summed E-state index contributed by atoms with van der Waals surface area (Å²) in [4.78, 5) is 12.2. The van der Waals surface area contributed by atoms with Crippen LogP contribution in [0.4, 0.5) is 0 Å². The number of ketones is 1. The first-order valence-corrected chi connectivity index (χ1v) is 9.15. The highest BCUT2D eigenvalue weighted by molar-refractivity contribution is 5.98. The Morgan fingerprint density at radius 1 is 0.920 bits per heavy atom. The van der Waals surface area contributed by atoms with Gasteiger partial charge in [0.25, 0.3) is 0 Å². The number of rotatable bonds is 11. The van der Waals surface area contributed by atoms with Crippen LogP contribution in [0, 0.1) is 0 Å². The van der Waals surface area contributed by atoms with Gasteiger partial charge in [0.1, 0.15) is 11.5 Å². The van der Waals surface area contributed by atoms with Gasteiger partial charge < -0.3 is 9.84 Å². The molecule has 0 heterocycles. The molecule has 0 unspecified atom stereocenters. The van der Waals surface area contributed by atoms with Gasteiger partial charge in [-0.05, 0) is 37.0 Å². The van der Waals surface area contributed by atoms with E-state index < -0.39 is 0 Å². The highest BCUT2D eigenvalue weighted by Crippen LogP contribution is 2.25. The molecule has 25 heavy (non-hydrogen) atoms. The van der Waals surface area contributed by atoms with E-state index >= 15 is 0 Å². The smallest absolute Gasteiger partial charge is 0.166 e. The number of methoxy groups -OCH3 is 1. The van der Waals surface area contributed by atoms with Crippen LogP contribution in [0.15, 0.2) is 48.5 Å². The summed E-state index contributed by atoms with van der Waals surface area (Å²) in [6.45, 7) is 0. The van der Waals surface area contributed by atoms with Gasteiger partial charge in [-0.2, -0.15) is 0 Å². The van der Waals surface area contributed by atoms with Crippen molar-refractivity contribution in [3.63, 3.8) is 0 Å². The number of hydrogen-bond acceptors (Lipinski definition) is 3.